The van der Waals surface area contributed by atoms with Crippen LogP contribution in [0.1, 0.15) is 27.0 Å². The van der Waals surface area contributed by atoms with Gasteiger partial charge in [0.15, 0.2) is 0 Å². The molecule has 0 fully saturated rings. The standard InChI is InChI=1S/C17H18N2O4/c1-9-13(20)6-14(21)15(16(9)23-2)17(22)19-7-10-3-4-12(18)5-11(10)8-19/h3-6,20-21H,7-8,18H2,1-2H3. The van der Waals surface area contributed by atoms with Gasteiger partial charge in [-0.15, -0.1) is 0 Å². The summed E-state index contributed by atoms with van der Waals surface area (Å²) in [6.45, 7) is 2.49. The van der Waals surface area contributed by atoms with Crippen LogP contribution in [0.25, 0.3) is 0 Å². The number of carbonyl (C=O) groups is 1. The number of nitrogens with two attached hydrogens (primary N) is 1. The van der Waals surface area contributed by atoms with E-state index in [-0.39, 0.29) is 28.7 Å². The first-order chi connectivity index (χ1) is 10.9. The number of hydrogen-bond acceptors (Lipinski definition) is 5. The van der Waals surface area contributed by atoms with Crippen molar-refractivity contribution >= 4 is 11.6 Å². The first kappa shape index (κ1) is 15.0. The molecule has 0 aromatic heterocycles. The SMILES string of the molecule is COc1c(C)c(O)cc(O)c1C(=O)N1Cc2ccc(N)cc2C1. The zero-order chi connectivity index (χ0) is 16.7. The van der Waals surface area contributed by atoms with E-state index in [0.29, 0.717) is 24.3 Å². The maximum Gasteiger partial charge on any atom is 0.262 e. The molecule has 1 amide bonds. The fourth-order valence-electron chi connectivity index (χ4n) is 2.91. The first-order valence-corrected chi connectivity index (χ1v) is 7.18. The highest BCUT2D eigenvalue weighted by molar-refractivity contribution is 6.00. The number of phenolic OH excluding ortho intramolecular Hbond substituents is 2. The average molecular weight is 314 g/mol. The van der Waals surface area contributed by atoms with Gasteiger partial charge in [-0.2, -0.15) is 0 Å². The minimum absolute atomic E-state index is 0.0589. The minimum atomic E-state index is -0.350. The number of aromatic hydroxyl groups is 2. The molecule has 0 bridgehead atoms. The second-order valence-corrected chi connectivity index (χ2v) is 5.64. The normalized spacial score (nSPS) is 13.0. The van der Waals surface area contributed by atoms with Crippen molar-refractivity contribution in [1.82, 2.24) is 4.90 Å². The van der Waals surface area contributed by atoms with Crippen molar-refractivity contribution in [3.63, 3.8) is 0 Å². The van der Waals surface area contributed by atoms with Gasteiger partial charge in [-0.1, -0.05) is 6.07 Å². The van der Waals surface area contributed by atoms with Crippen LogP contribution in [0.15, 0.2) is 24.3 Å². The zero-order valence-corrected chi connectivity index (χ0v) is 13.0. The minimum Gasteiger partial charge on any atom is -0.507 e. The fraction of sp³-hybridized carbons (Fsp3) is 0.235. The summed E-state index contributed by atoms with van der Waals surface area (Å²) in [5.74, 6) is -0.584. The molecule has 0 spiro atoms. The first-order valence-electron chi connectivity index (χ1n) is 7.18. The molecule has 1 heterocycles. The van der Waals surface area contributed by atoms with E-state index in [0.717, 1.165) is 17.2 Å². The third-order valence-corrected chi connectivity index (χ3v) is 4.14. The molecule has 0 radical (unpaired) electrons. The van der Waals surface area contributed by atoms with Gasteiger partial charge >= 0.3 is 0 Å². The summed E-state index contributed by atoms with van der Waals surface area (Å²) >= 11 is 0. The second-order valence-electron chi connectivity index (χ2n) is 5.64. The molecule has 1 aliphatic rings. The Morgan fingerprint density at radius 1 is 1.17 bits per heavy atom. The van der Waals surface area contributed by atoms with Gasteiger partial charge in [-0.05, 0) is 30.2 Å². The molecule has 6 heteroatoms. The lowest BCUT2D eigenvalue weighted by molar-refractivity contribution is 0.0744. The molecule has 0 unspecified atom stereocenters. The second kappa shape index (κ2) is 5.39. The number of rotatable bonds is 2. The monoisotopic (exact) mass is 314 g/mol. The maximum absolute atomic E-state index is 12.8. The summed E-state index contributed by atoms with van der Waals surface area (Å²) in [7, 11) is 1.40. The smallest absolute Gasteiger partial charge is 0.262 e. The molecule has 2 aromatic carbocycles. The van der Waals surface area contributed by atoms with E-state index in [1.165, 1.54) is 7.11 Å². The number of nitrogen functional groups attached to an aromatic ring is 1. The Hall–Kier alpha value is -2.89. The van der Waals surface area contributed by atoms with Gasteiger partial charge in [0.1, 0.15) is 22.8 Å². The number of ether oxygens (including phenoxy) is 1. The van der Waals surface area contributed by atoms with Crippen LogP contribution in [0, 0.1) is 6.92 Å². The molecule has 120 valence electrons. The Morgan fingerprint density at radius 3 is 2.57 bits per heavy atom. The summed E-state index contributed by atoms with van der Waals surface area (Å²) in [6.07, 6.45) is 0. The van der Waals surface area contributed by atoms with Crippen LogP contribution in [0.4, 0.5) is 5.69 Å². The summed E-state index contributed by atoms with van der Waals surface area (Å²) in [5, 5.41) is 19.9. The van der Waals surface area contributed by atoms with Crippen molar-refractivity contribution in [2.75, 3.05) is 12.8 Å². The highest BCUT2D eigenvalue weighted by Gasteiger charge is 2.30. The molecule has 1 aliphatic heterocycles. The van der Waals surface area contributed by atoms with Crippen LogP contribution in [-0.4, -0.2) is 28.1 Å². The molecule has 0 saturated heterocycles. The number of fused-ring (bicyclic) bond motifs is 1. The number of methoxy groups -OCH3 is 1. The molecule has 0 aliphatic carbocycles. The van der Waals surface area contributed by atoms with Gasteiger partial charge in [0.25, 0.3) is 5.91 Å². The lowest BCUT2D eigenvalue weighted by atomic mass is 10.1. The lowest BCUT2D eigenvalue weighted by Gasteiger charge is -2.19. The van der Waals surface area contributed by atoms with Crippen LogP contribution in [0.2, 0.25) is 0 Å². The van der Waals surface area contributed by atoms with E-state index in [4.69, 9.17) is 10.5 Å². The van der Waals surface area contributed by atoms with Crippen LogP contribution in [0.5, 0.6) is 17.2 Å². The van der Waals surface area contributed by atoms with Crippen LogP contribution in [-0.2, 0) is 13.1 Å². The fourth-order valence-corrected chi connectivity index (χ4v) is 2.91. The van der Waals surface area contributed by atoms with Gasteiger partial charge in [-0.3, -0.25) is 4.79 Å². The number of amides is 1. The van der Waals surface area contributed by atoms with E-state index in [9.17, 15) is 15.0 Å². The van der Waals surface area contributed by atoms with Crippen molar-refractivity contribution in [3.8, 4) is 17.2 Å². The number of hydrogen-bond donors (Lipinski definition) is 3. The number of phenols is 2. The predicted octanol–water partition coefficient (Wildman–Crippen LogP) is 2.15. The molecule has 6 nitrogen and oxygen atoms in total. The van der Waals surface area contributed by atoms with E-state index in [2.05, 4.69) is 0 Å². The average Bonchev–Trinajstić information content (AvgIpc) is 2.93. The van der Waals surface area contributed by atoms with Gasteiger partial charge in [0.2, 0.25) is 0 Å². The predicted molar refractivity (Wildman–Crippen MR) is 85.5 cm³/mol. The topological polar surface area (TPSA) is 96.0 Å². The van der Waals surface area contributed by atoms with Crippen LogP contribution >= 0.6 is 0 Å². The van der Waals surface area contributed by atoms with Gasteiger partial charge in [0, 0.05) is 30.4 Å². The van der Waals surface area contributed by atoms with E-state index >= 15 is 0 Å². The van der Waals surface area contributed by atoms with E-state index in [1.807, 2.05) is 12.1 Å². The Balaban J connectivity index is 1.98. The molecule has 3 rings (SSSR count). The number of carbonyl (C=O) groups excluding carboxylic acids is 1. The van der Waals surface area contributed by atoms with Crippen molar-refractivity contribution < 1.29 is 19.7 Å². The van der Waals surface area contributed by atoms with Crippen LogP contribution < -0.4 is 10.5 Å². The van der Waals surface area contributed by atoms with Gasteiger partial charge in [0.05, 0.1) is 7.11 Å². The van der Waals surface area contributed by atoms with E-state index < -0.39 is 0 Å². The summed E-state index contributed by atoms with van der Waals surface area (Å²) in [6, 6.07) is 6.71. The number of benzene rings is 2. The van der Waals surface area contributed by atoms with Crippen molar-refractivity contribution in [1.29, 1.82) is 0 Å². The number of nitrogens with zero attached hydrogens (tertiary/aromatic N) is 1. The third-order valence-electron chi connectivity index (χ3n) is 4.14. The van der Waals surface area contributed by atoms with Gasteiger partial charge in [-0.25, -0.2) is 0 Å². The Kier molecular flexibility index (Phi) is 3.52. The lowest BCUT2D eigenvalue weighted by Crippen LogP contribution is -2.26. The van der Waals surface area contributed by atoms with Crippen molar-refractivity contribution in [2.24, 2.45) is 0 Å². The highest BCUT2D eigenvalue weighted by Crippen LogP contribution is 2.39. The zero-order valence-electron chi connectivity index (χ0n) is 13.0. The Bertz CT molecular complexity index is 802. The summed E-state index contributed by atoms with van der Waals surface area (Å²) < 4.78 is 5.23. The third kappa shape index (κ3) is 2.42. The van der Waals surface area contributed by atoms with Gasteiger partial charge < -0.3 is 25.6 Å². The quantitative estimate of drug-likeness (QED) is 0.738. The highest BCUT2D eigenvalue weighted by atomic mass is 16.5. The summed E-state index contributed by atoms with van der Waals surface area (Å²) in [4.78, 5) is 14.4. The van der Waals surface area contributed by atoms with E-state index in [1.54, 1.807) is 17.9 Å². The molecular formula is C17H18N2O4. The molecule has 4 N–H and O–H groups in total. The Morgan fingerprint density at radius 2 is 1.87 bits per heavy atom. The van der Waals surface area contributed by atoms with Crippen LogP contribution in [0.3, 0.4) is 0 Å². The molecule has 2 aromatic rings. The number of anilines is 1. The largest absolute Gasteiger partial charge is 0.507 e. The summed E-state index contributed by atoms with van der Waals surface area (Å²) in [5.41, 5.74) is 8.92. The van der Waals surface area contributed by atoms with Crippen molar-refractivity contribution in [3.05, 3.63) is 46.5 Å². The molecule has 0 atom stereocenters. The molecule has 0 saturated carbocycles. The van der Waals surface area contributed by atoms with Crippen molar-refractivity contribution in [2.45, 2.75) is 20.0 Å². The Labute approximate surface area is 133 Å². The molecular weight excluding hydrogens is 296 g/mol. The molecule has 23 heavy (non-hydrogen) atoms. The maximum atomic E-state index is 12.8.